The average molecular weight is 368 g/mol. The number of amides is 1. The third kappa shape index (κ3) is 3.53. The lowest BCUT2D eigenvalue weighted by atomic mass is 9.97. The highest BCUT2D eigenvalue weighted by Crippen LogP contribution is 2.35. The van der Waals surface area contributed by atoms with E-state index in [4.69, 9.17) is 9.15 Å². The highest BCUT2D eigenvalue weighted by atomic mass is 16.6. The molecule has 3 aromatic rings. The second-order valence-corrected chi connectivity index (χ2v) is 6.84. The van der Waals surface area contributed by atoms with Gasteiger partial charge < -0.3 is 19.0 Å². The summed E-state index contributed by atoms with van der Waals surface area (Å²) in [5.41, 5.74) is 0.932. The van der Waals surface area contributed by atoms with Crippen molar-refractivity contribution in [3.8, 4) is 5.75 Å². The largest absolute Gasteiger partial charge is 0.422 e. The molecule has 2 aromatic carbocycles. The zero-order valence-electron chi connectivity index (χ0n) is 16.3. The van der Waals surface area contributed by atoms with Crippen LogP contribution < -0.4 is 10.4 Å². The molecule has 0 aliphatic carbocycles. The fraction of sp³-hybridized carbons (Fsp3) is 0.333. The third-order valence-corrected chi connectivity index (χ3v) is 4.94. The Balaban J connectivity index is 2.29. The predicted molar refractivity (Wildman–Crippen MR) is 106 cm³/mol. The van der Waals surface area contributed by atoms with Crippen molar-refractivity contribution in [1.82, 2.24) is 9.80 Å². The van der Waals surface area contributed by atoms with E-state index >= 15 is 0 Å². The van der Waals surface area contributed by atoms with Crippen LogP contribution >= 0.6 is 0 Å². The van der Waals surface area contributed by atoms with Gasteiger partial charge in [-0.3, -0.25) is 0 Å². The molecule has 142 valence electrons. The molecule has 0 N–H and O–H groups in total. The topological polar surface area (TPSA) is 63.0 Å². The molecule has 0 radical (unpaired) electrons. The molecule has 0 spiro atoms. The van der Waals surface area contributed by atoms with Gasteiger partial charge in [0.2, 0.25) is 0 Å². The molecule has 1 amide bonds. The van der Waals surface area contributed by atoms with Crippen LogP contribution in [0, 0.1) is 0 Å². The van der Waals surface area contributed by atoms with Crippen LogP contribution in [0.15, 0.2) is 45.6 Å². The van der Waals surface area contributed by atoms with Crippen LogP contribution in [0.25, 0.3) is 21.7 Å². The highest BCUT2D eigenvalue weighted by molar-refractivity contribution is 6.06. The van der Waals surface area contributed by atoms with E-state index < -0.39 is 11.7 Å². The molecule has 0 saturated heterocycles. The molecule has 6 nitrogen and oxygen atoms in total. The lowest BCUT2D eigenvalue weighted by Gasteiger charge is -2.23. The number of nitrogens with zero attached hydrogens (tertiary/aromatic N) is 2. The zero-order valence-corrected chi connectivity index (χ0v) is 16.3. The zero-order chi connectivity index (χ0) is 19.7. The van der Waals surface area contributed by atoms with Gasteiger partial charge in [-0.2, -0.15) is 0 Å². The van der Waals surface area contributed by atoms with Crippen molar-refractivity contribution in [1.29, 1.82) is 0 Å². The quantitative estimate of drug-likeness (QED) is 0.514. The smallest absolute Gasteiger partial charge is 0.414 e. The van der Waals surface area contributed by atoms with E-state index in [9.17, 15) is 9.59 Å². The minimum atomic E-state index is -0.455. The summed E-state index contributed by atoms with van der Waals surface area (Å²) in [7, 11) is 5.61. The molecule has 1 heterocycles. The van der Waals surface area contributed by atoms with Crippen molar-refractivity contribution < 1.29 is 13.9 Å². The summed E-state index contributed by atoms with van der Waals surface area (Å²) >= 11 is 0. The van der Waals surface area contributed by atoms with Crippen LogP contribution in [0.1, 0.15) is 25.5 Å². The van der Waals surface area contributed by atoms with Crippen molar-refractivity contribution in [3.05, 3.63) is 52.4 Å². The summed E-state index contributed by atoms with van der Waals surface area (Å²) in [5, 5.41) is 2.22. The molecular formula is C21H24N2O4. The van der Waals surface area contributed by atoms with E-state index in [2.05, 4.69) is 11.8 Å². The van der Waals surface area contributed by atoms with E-state index in [1.165, 1.54) is 4.90 Å². The van der Waals surface area contributed by atoms with Crippen LogP contribution in [0.4, 0.5) is 4.79 Å². The molecule has 0 aliphatic heterocycles. The second-order valence-electron chi connectivity index (χ2n) is 6.84. The third-order valence-electron chi connectivity index (χ3n) is 4.94. The average Bonchev–Trinajstić information content (AvgIpc) is 2.66. The number of carbonyl (C=O) groups excluding carboxylic acids is 1. The Bertz CT molecular complexity index is 1060. The van der Waals surface area contributed by atoms with E-state index in [1.807, 2.05) is 45.3 Å². The van der Waals surface area contributed by atoms with E-state index in [-0.39, 0.29) is 6.04 Å². The normalized spacial score (nSPS) is 12.5. The first-order valence-electron chi connectivity index (χ1n) is 8.92. The monoisotopic (exact) mass is 368 g/mol. The van der Waals surface area contributed by atoms with Gasteiger partial charge in [0.15, 0.2) is 0 Å². The number of benzene rings is 2. The molecular weight excluding hydrogens is 344 g/mol. The summed E-state index contributed by atoms with van der Waals surface area (Å²) in [5.74, 6) is 0.356. The van der Waals surface area contributed by atoms with Gasteiger partial charge in [-0.1, -0.05) is 18.2 Å². The lowest BCUT2D eigenvalue weighted by molar-refractivity contribution is 0.165. The summed E-state index contributed by atoms with van der Waals surface area (Å²) in [4.78, 5) is 28.1. The Kier molecular flexibility index (Phi) is 5.19. The molecule has 1 atom stereocenters. The van der Waals surface area contributed by atoms with Gasteiger partial charge in [0, 0.05) is 36.5 Å². The highest BCUT2D eigenvalue weighted by Gasteiger charge is 2.20. The molecule has 0 fully saturated rings. The molecule has 0 aliphatic rings. The van der Waals surface area contributed by atoms with Crippen LogP contribution in [0.2, 0.25) is 0 Å². The van der Waals surface area contributed by atoms with Crippen molar-refractivity contribution in [2.45, 2.75) is 19.9 Å². The lowest BCUT2D eigenvalue weighted by Crippen LogP contribution is -2.29. The summed E-state index contributed by atoms with van der Waals surface area (Å²) in [6.07, 6.45) is -0.455. The van der Waals surface area contributed by atoms with Crippen LogP contribution in [0.5, 0.6) is 5.75 Å². The van der Waals surface area contributed by atoms with Crippen molar-refractivity contribution in [3.63, 3.8) is 0 Å². The SMILES string of the molecule is CCN(C)C(=O)Oc1cc([C@@H](C)N(C)C)c2c(c1)oc(=O)c1ccccc12. The van der Waals surface area contributed by atoms with Crippen LogP contribution in [0.3, 0.4) is 0 Å². The molecule has 6 heteroatoms. The Hall–Kier alpha value is -2.86. The van der Waals surface area contributed by atoms with Gasteiger partial charge in [-0.25, -0.2) is 9.59 Å². The molecule has 0 bridgehead atoms. The van der Waals surface area contributed by atoms with Crippen molar-refractivity contribution in [2.24, 2.45) is 0 Å². The maximum absolute atomic E-state index is 12.4. The first kappa shape index (κ1) is 18.9. The van der Waals surface area contributed by atoms with Gasteiger partial charge in [0.1, 0.15) is 11.3 Å². The maximum Gasteiger partial charge on any atom is 0.414 e. The summed E-state index contributed by atoms with van der Waals surface area (Å²) in [6, 6.07) is 10.9. The van der Waals surface area contributed by atoms with E-state index in [0.29, 0.717) is 23.3 Å². The van der Waals surface area contributed by atoms with Crippen LogP contribution in [-0.2, 0) is 0 Å². The minimum Gasteiger partial charge on any atom is -0.422 e. The second kappa shape index (κ2) is 7.40. The standard InChI is InChI=1S/C21H24N2O4/c1-6-23(5)21(25)26-14-11-17(13(2)22(3)4)19-15-9-7-8-10-16(15)20(24)27-18(19)12-14/h7-13H,6H2,1-5H3/t13-/m1/s1. The van der Waals surface area contributed by atoms with Gasteiger partial charge in [-0.05, 0) is 45.6 Å². The Morgan fingerprint density at radius 2 is 1.81 bits per heavy atom. The molecule has 0 unspecified atom stereocenters. The fourth-order valence-electron chi connectivity index (χ4n) is 2.99. The molecule has 1 aromatic heterocycles. The molecule has 0 saturated carbocycles. The number of hydrogen-bond acceptors (Lipinski definition) is 5. The van der Waals surface area contributed by atoms with Crippen molar-refractivity contribution in [2.75, 3.05) is 27.7 Å². The minimum absolute atomic E-state index is 0.0196. The van der Waals surface area contributed by atoms with Gasteiger partial charge >= 0.3 is 11.7 Å². The number of hydrogen-bond donors (Lipinski definition) is 0. The number of fused-ring (bicyclic) bond motifs is 3. The van der Waals surface area contributed by atoms with Crippen molar-refractivity contribution >= 4 is 27.8 Å². The molecule has 27 heavy (non-hydrogen) atoms. The first-order valence-corrected chi connectivity index (χ1v) is 8.92. The fourth-order valence-corrected chi connectivity index (χ4v) is 2.99. The Labute approximate surface area is 157 Å². The predicted octanol–water partition coefficient (Wildman–Crippen LogP) is 4.02. The van der Waals surface area contributed by atoms with Gasteiger partial charge in [0.05, 0.1) is 5.39 Å². The molecule has 3 rings (SSSR count). The number of rotatable bonds is 4. The summed E-state index contributed by atoms with van der Waals surface area (Å²) < 4.78 is 11.1. The maximum atomic E-state index is 12.4. The van der Waals surface area contributed by atoms with E-state index in [0.717, 1.165) is 16.3 Å². The Morgan fingerprint density at radius 1 is 1.15 bits per heavy atom. The Morgan fingerprint density at radius 3 is 2.44 bits per heavy atom. The van der Waals surface area contributed by atoms with Crippen LogP contribution in [-0.4, -0.2) is 43.6 Å². The van der Waals surface area contributed by atoms with Gasteiger partial charge in [-0.15, -0.1) is 0 Å². The van der Waals surface area contributed by atoms with E-state index in [1.54, 1.807) is 19.2 Å². The number of ether oxygens (including phenoxy) is 1. The first-order chi connectivity index (χ1) is 12.8. The van der Waals surface area contributed by atoms with Gasteiger partial charge in [0.25, 0.3) is 0 Å². The number of carbonyl (C=O) groups is 1. The summed E-state index contributed by atoms with van der Waals surface area (Å²) in [6.45, 7) is 4.46.